The summed E-state index contributed by atoms with van der Waals surface area (Å²) >= 11 is 6.53. The van der Waals surface area contributed by atoms with Crippen molar-refractivity contribution in [3.63, 3.8) is 0 Å². The molecule has 1 aliphatic heterocycles. The zero-order chi connectivity index (χ0) is 21.3. The fourth-order valence-electron chi connectivity index (χ4n) is 3.39. The normalized spacial score (nSPS) is 16.3. The molecule has 4 rings (SSSR count). The Morgan fingerprint density at radius 1 is 1.20 bits per heavy atom. The van der Waals surface area contributed by atoms with E-state index in [9.17, 15) is 9.59 Å². The lowest BCUT2D eigenvalue weighted by atomic mass is 10.2. The van der Waals surface area contributed by atoms with E-state index in [-0.39, 0.29) is 11.5 Å². The highest BCUT2D eigenvalue weighted by Gasteiger charge is 2.24. The molecule has 9 nitrogen and oxygen atoms in total. The number of anilines is 4. The van der Waals surface area contributed by atoms with Crippen LogP contribution in [0.2, 0.25) is 5.02 Å². The van der Waals surface area contributed by atoms with Crippen molar-refractivity contribution in [3.8, 4) is 0 Å². The summed E-state index contributed by atoms with van der Waals surface area (Å²) in [5, 5.41) is 6.94. The van der Waals surface area contributed by atoms with Gasteiger partial charge < -0.3 is 26.2 Å². The molecular formula is C20H24ClN7O2. The third kappa shape index (κ3) is 4.56. The van der Waals surface area contributed by atoms with Gasteiger partial charge in [-0.05, 0) is 31.0 Å². The lowest BCUT2D eigenvalue weighted by Crippen LogP contribution is -2.48. The Morgan fingerprint density at radius 3 is 2.53 bits per heavy atom. The van der Waals surface area contributed by atoms with Crippen LogP contribution in [0.25, 0.3) is 0 Å². The predicted molar refractivity (Wildman–Crippen MR) is 116 cm³/mol. The maximum Gasteiger partial charge on any atom is 0.254 e. The van der Waals surface area contributed by atoms with Crippen molar-refractivity contribution in [2.75, 3.05) is 41.7 Å². The van der Waals surface area contributed by atoms with Crippen molar-refractivity contribution in [2.45, 2.75) is 25.8 Å². The first-order valence-electron chi connectivity index (χ1n) is 9.91. The molecule has 2 fully saturated rings. The van der Waals surface area contributed by atoms with E-state index in [1.54, 1.807) is 6.92 Å². The van der Waals surface area contributed by atoms with E-state index in [1.807, 2.05) is 23.1 Å². The second kappa shape index (κ2) is 8.35. The summed E-state index contributed by atoms with van der Waals surface area (Å²) in [5.41, 5.74) is 7.35. The SMILES string of the molecule is CC(=O)N1CCN(c2ccc(Nc3ncc(C(N)=O)c(NC4CC4)n3)cc2Cl)CC1. The highest BCUT2D eigenvalue weighted by atomic mass is 35.5. The van der Waals surface area contributed by atoms with Crippen molar-refractivity contribution in [3.05, 3.63) is 35.0 Å². The molecule has 4 N–H and O–H groups in total. The van der Waals surface area contributed by atoms with Crippen LogP contribution in [0.4, 0.5) is 23.1 Å². The van der Waals surface area contributed by atoms with Crippen LogP contribution < -0.4 is 21.3 Å². The van der Waals surface area contributed by atoms with Crippen LogP contribution in [-0.4, -0.2) is 58.9 Å². The summed E-state index contributed by atoms with van der Waals surface area (Å²) in [5.74, 6) is 0.316. The summed E-state index contributed by atoms with van der Waals surface area (Å²) in [6, 6.07) is 5.98. The van der Waals surface area contributed by atoms with Crippen LogP contribution in [0, 0.1) is 0 Å². The van der Waals surface area contributed by atoms with Gasteiger partial charge in [0, 0.05) is 51.0 Å². The minimum absolute atomic E-state index is 0.0955. The topological polar surface area (TPSA) is 116 Å². The Kier molecular flexibility index (Phi) is 5.63. The van der Waals surface area contributed by atoms with E-state index in [0.29, 0.717) is 35.9 Å². The smallest absolute Gasteiger partial charge is 0.254 e. The number of benzene rings is 1. The fraction of sp³-hybridized carbons (Fsp3) is 0.400. The Hall–Kier alpha value is -3.07. The molecule has 0 spiro atoms. The number of primary amides is 1. The highest BCUT2D eigenvalue weighted by molar-refractivity contribution is 6.33. The lowest BCUT2D eigenvalue weighted by molar-refractivity contribution is -0.129. The molecule has 10 heteroatoms. The number of piperazine rings is 1. The van der Waals surface area contributed by atoms with Crippen molar-refractivity contribution in [1.82, 2.24) is 14.9 Å². The molecule has 2 aromatic rings. The number of nitrogens with two attached hydrogens (primary N) is 1. The number of aromatic nitrogens is 2. The van der Waals surface area contributed by atoms with Gasteiger partial charge >= 0.3 is 0 Å². The van der Waals surface area contributed by atoms with Gasteiger partial charge in [-0.3, -0.25) is 9.59 Å². The van der Waals surface area contributed by atoms with E-state index in [4.69, 9.17) is 17.3 Å². The van der Waals surface area contributed by atoms with Gasteiger partial charge in [0.2, 0.25) is 11.9 Å². The highest BCUT2D eigenvalue weighted by Crippen LogP contribution is 2.31. The molecule has 1 aromatic carbocycles. The van der Waals surface area contributed by atoms with Crippen molar-refractivity contribution in [2.24, 2.45) is 5.73 Å². The summed E-state index contributed by atoms with van der Waals surface area (Å²) in [6.07, 6.45) is 3.51. The molecule has 2 amide bonds. The summed E-state index contributed by atoms with van der Waals surface area (Å²) in [4.78, 5) is 35.7. The first kappa shape index (κ1) is 20.2. The minimum Gasteiger partial charge on any atom is -0.367 e. The Balaban J connectivity index is 1.47. The number of carbonyl (C=O) groups is 2. The zero-order valence-electron chi connectivity index (χ0n) is 16.7. The maximum atomic E-state index is 11.6. The van der Waals surface area contributed by atoms with Gasteiger partial charge in [0.15, 0.2) is 0 Å². The molecule has 1 aromatic heterocycles. The number of amides is 2. The van der Waals surface area contributed by atoms with Gasteiger partial charge in [0.05, 0.1) is 16.3 Å². The van der Waals surface area contributed by atoms with Gasteiger partial charge in [0.1, 0.15) is 5.82 Å². The van der Waals surface area contributed by atoms with E-state index in [1.165, 1.54) is 6.20 Å². The molecule has 0 bridgehead atoms. The second-order valence-corrected chi connectivity index (χ2v) is 7.93. The predicted octanol–water partition coefficient (Wildman–Crippen LogP) is 2.22. The number of hydrogen-bond donors (Lipinski definition) is 3. The second-order valence-electron chi connectivity index (χ2n) is 7.52. The van der Waals surface area contributed by atoms with Crippen molar-refractivity contribution >= 4 is 46.6 Å². The first-order chi connectivity index (χ1) is 14.4. The van der Waals surface area contributed by atoms with Crippen LogP contribution in [0.1, 0.15) is 30.1 Å². The third-order valence-corrected chi connectivity index (χ3v) is 5.54. The van der Waals surface area contributed by atoms with E-state index < -0.39 is 5.91 Å². The number of carbonyl (C=O) groups excluding carboxylic acids is 2. The summed E-state index contributed by atoms with van der Waals surface area (Å²) < 4.78 is 0. The number of halogens is 1. The molecule has 0 atom stereocenters. The number of rotatable bonds is 6. The monoisotopic (exact) mass is 429 g/mol. The van der Waals surface area contributed by atoms with Crippen LogP contribution >= 0.6 is 11.6 Å². The van der Waals surface area contributed by atoms with Crippen molar-refractivity contribution < 1.29 is 9.59 Å². The van der Waals surface area contributed by atoms with Gasteiger partial charge in [-0.1, -0.05) is 11.6 Å². The molecule has 1 saturated carbocycles. The molecule has 2 heterocycles. The molecule has 158 valence electrons. The molecule has 2 aliphatic rings. The first-order valence-corrected chi connectivity index (χ1v) is 10.3. The Labute approximate surface area is 179 Å². The lowest BCUT2D eigenvalue weighted by Gasteiger charge is -2.36. The number of hydrogen-bond acceptors (Lipinski definition) is 7. The van der Waals surface area contributed by atoms with Gasteiger partial charge in [-0.15, -0.1) is 0 Å². The molecule has 30 heavy (non-hydrogen) atoms. The quantitative estimate of drug-likeness (QED) is 0.644. The third-order valence-electron chi connectivity index (χ3n) is 5.24. The maximum absolute atomic E-state index is 11.6. The van der Waals surface area contributed by atoms with Crippen LogP contribution in [0.3, 0.4) is 0 Å². The van der Waals surface area contributed by atoms with Crippen LogP contribution in [0.5, 0.6) is 0 Å². The van der Waals surface area contributed by atoms with E-state index in [0.717, 1.165) is 37.3 Å². The van der Waals surface area contributed by atoms with Gasteiger partial charge in [-0.2, -0.15) is 4.98 Å². The van der Waals surface area contributed by atoms with E-state index in [2.05, 4.69) is 25.5 Å². The molecule has 1 saturated heterocycles. The average molecular weight is 430 g/mol. The summed E-state index contributed by atoms with van der Waals surface area (Å²) in [7, 11) is 0. The molecule has 0 unspecified atom stereocenters. The summed E-state index contributed by atoms with van der Waals surface area (Å²) in [6.45, 7) is 4.43. The zero-order valence-corrected chi connectivity index (χ0v) is 17.4. The number of nitrogens with one attached hydrogen (secondary N) is 2. The van der Waals surface area contributed by atoms with Crippen molar-refractivity contribution in [1.29, 1.82) is 0 Å². The number of nitrogens with zero attached hydrogens (tertiary/aromatic N) is 4. The molecule has 1 aliphatic carbocycles. The standard InChI is InChI=1S/C20H24ClN7O2/c1-12(29)27-6-8-28(9-7-27)17-5-4-14(10-16(17)21)25-20-23-11-15(18(22)30)19(26-20)24-13-2-3-13/h4-5,10-11,13H,2-3,6-9H2,1H3,(H2,22,30)(H2,23,24,25,26). The van der Waals surface area contributed by atoms with Gasteiger partial charge in [0.25, 0.3) is 5.91 Å². The van der Waals surface area contributed by atoms with E-state index >= 15 is 0 Å². The minimum atomic E-state index is -0.568. The Bertz CT molecular complexity index is 972. The molecular weight excluding hydrogens is 406 g/mol. The average Bonchev–Trinajstić information content (AvgIpc) is 3.52. The van der Waals surface area contributed by atoms with Gasteiger partial charge in [-0.25, -0.2) is 4.98 Å². The van der Waals surface area contributed by atoms with Crippen LogP contribution in [-0.2, 0) is 4.79 Å². The molecule has 0 radical (unpaired) electrons. The fourth-order valence-corrected chi connectivity index (χ4v) is 3.69. The Morgan fingerprint density at radius 2 is 1.93 bits per heavy atom. The van der Waals surface area contributed by atoms with Crippen LogP contribution in [0.15, 0.2) is 24.4 Å². The largest absolute Gasteiger partial charge is 0.367 e.